The lowest BCUT2D eigenvalue weighted by Crippen LogP contribution is -2.20. The van der Waals surface area contributed by atoms with E-state index in [1.165, 1.54) is 16.9 Å². The highest BCUT2D eigenvalue weighted by molar-refractivity contribution is 7.13. The molecule has 0 bridgehead atoms. The van der Waals surface area contributed by atoms with Crippen LogP contribution in [0.1, 0.15) is 17.0 Å². The van der Waals surface area contributed by atoms with Crippen LogP contribution in [0.5, 0.6) is 0 Å². The first-order valence-corrected chi connectivity index (χ1v) is 5.98. The summed E-state index contributed by atoms with van der Waals surface area (Å²) in [5.74, 6) is -0.0976. The van der Waals surface area contributed by atoms with Gasteiger partial charge < -0.3 is 11.1 Å². The van der Waals surface area contributed by atoms with Crippen molar-refractivity contribution in [2.45, 2.75) is 13.3 Å². The molecule has 88 valence electrons. The van der Waals surface area contributed by atoms with Crippen LogP contribution in [0.15, 0.2) is 23.7 Å². The van der Waals surface area contributed by atoms with Gasteiger partial charge in [-0.05, 0) is 24.6 Å². The molecule has 0 saturated heterocycles. The zero-order valence-electron chi connectivity index (χ0n) is 9.40. The standard InChI is InChI=1S/C11H13N5S/c1-7-2-3-14-8(4-7)5-9-6-17-11(15-9)16-10(12)13/h2-4,6H,5H2,1H3,(H4,12,13,15,16). The van der Waals surface area contributed by atoms with E-state index in [1.807, 2.05) is 24.4 Å². The highest BCUT2D eigenvalue weighted by atomic mass is 32.1. The van der Waals surface area contributed by atoms with Crippen LogP contribution in [0.4, 0.5) is 5.13 Å². The Labute approximate surface area is 103 Å². The lowest BCUT2D eigenvalue weighted by Gasteiger charge is -1.99. The molecule has 0 aromatic carbocycles. The van der Waals surface area contributed by atoms with Gasteiger partial charge in [-0.2, -0.15) is 0 Å². The zero-order valence-corrected chi connectivity index (χ0v) is 10.2. The van der Waals surface area contributed by atoms with Gasteiger partial charge in [0.15, 0.2) is 11.1 Å². The molecule has 2 rings (SSSR count). The van der Waals surface area contributed by atoms with Crippen LogP contribution in [-0.4, -0.2) is 15.9 Å². The number of anilines is 1. The summed E-state index contributed by atoms with van der Waals surface area (Å²) in [6, 6.07) is 4.00. The molecule has 0 amide bonds. The summed E-state index contributed by atoms with van der Waals surface area (Å²) < 4.78 is 0. The molecule has 2 aromatic rings. The van der Waals surface area contributed by atoms with E-state index in [0.717, 1.165) is 11.4 Å². The molecule has 0 aliphatic heterocycles. The van der Waals surface area contributed by atoms with Gasteiger partial charge in [0.25, 0.3) is 0 Å². The van der Waals surface area contributed by atoms with Gasteiger partial charge in [0.05, 0.1) is 5.69 Å². The number of guanidine groups is 1. The smallest absolute Gasteiger partial charge is 0.192 e. The minimum Gasteiger partial charge on any atom is -0.370 e. The molecule has 0 saturated carbocycles. The quantitative estimate of drug-likeness (QED) is 0.569. The van der Waals surface area contributed by atoms with Gasteiger partial charge in [0.1, 0.15) is 0 Å². The van der Waals surface area contributed by atoms with Crippen molar-refractivity contribution in [1.29, 1.82) is 5.41 Å². The fraction of sp³-hybridized carbons (Fsp3) is 0.182. The maximum Gasteiger partial charge on any atom is 0.192 e. The number of aryl methyl sites for hydroxylation is 1. The van der Waals surface area contributed by atoms with E-state index in [4.69, 9.17) is 11.1 Å². The summed E-state index contributed by atoms with van der Waals surface area (Å²) in [7, 11) is 0. The molecule has 0 atom stereocenters. The van der Waals surface area contributed by atoms with Crippen molar-refractivity contribution < 1.29 is 0 Å². The van der Waals surface area contributed by atoms with Crippen molar-refractivity contribution in [3.63, 3.8) is 0 Å². The number of nitrogens with two attached hydrogens (primary N) is 1. The summed E-state index contributed by atoms with van der Waals surface area (Å²) in [6.45, 7) is 2.04. The second kappa shape index (κ2) is 4.92. The average Bonchev–Trinajstić information content (AvgIpc) is 2.64. The van der Waals surface area contributed by atoms with Gasteiger partial charge in [-0.25, -0.2) is 4.98 Å². The topological polar surface area (TPSA) is 87.7 Å². The van der Waals surface area contributed by atoms with Crippen molar-refractivity contribution >= 4 is 22.4 Å². The van der Waals surface area contributed by atoms with Crippen LogP contribution in [0.3, 0.4) is 0 Å². The zero-order chi connectivity index (χ0) is 12.3. The van der Waals surface area contributed by atoms with Gasteiger partial charge in [0, 0.05) is 23.7 Å². The van der Waals surface area contributed by atoms with Crippen molar-refractivity contribution in [1.82, 2.24) is 9.97 Å². The first-order valence-electron chi connectivity index (χ1n) is 5.10. The van der Waals surface area contributed by atoms with Crippen molar-refractivity contribution in [3.05, 3.63) is 40.7 Å². The Kier molecular flexibility index (Phi) is 3.34. The molecule has 0 aliphatic carbocycles. The maximum absolute atomic E-state index is 7.11. The van der Waals surface area contributed by atoms with Crippen LogP contribution in [-0.2, 0) is 6.42 Å². The molecule has 0 aliphatic rings. The molecule has 0 spiro atoms. The minimum atomic E-state index is -0.0976. The van der Waals surface area contributed by atoms with Crippen LogP contribution in [0, 0.1) is 12.3 Å². The monoisotopic (exact) mass is 247 g/mol. The van der Waals surface area contributed by atoms with Gasteiger partial charge in [0.2, 0.25) is 0 Å². The van der Waals surface area contributed by atoms with E-state index >= 15 is 0 Å². The van der Waals surface area contributed by atoms with E-state index in [9.17, 15) is 0 Å². The van der Waals surface area contributed by atoms with Crippen molar-refractivity contribution in [2.24, 2.45) is 5.73 Å². The number of hydrogen-bond acceptors (Lipinski definition) is 4. The normalized spacial score (nSPS) is 10.2. The summed E-state index contributed by atoms with van der Waals surface area (Å²) in [5, 5.41) is 12.4. The lowest BCUT2D eigenvalue weighted by atomic mass is 10.2. The third-order valence-electron chi connectivity index (χ3n) is 2.13. The first kappa shape index (κ1) is 11.5. The third-order valence-corrected chi connectivity index (χ3v) is 2.93. The lowest BCUT2D eigenvalue weighted by molar-refractivity contribution is 1.02. The van der Waals surface area contributed by atoms with E-state index in [0.29, 0.717) is 11.6 Å². The van der Waals surface area contributed by atoms with Crippen LogP contribution >= 0.6 is 11.3 Å². The van der Waals surface area contributed by atoms with Gasteiger partial charge in [-0.15, -0.1) is 11.3 Å². The Hall–Kier alpha value is -1.95. The van der Waals surface area contributed by atoms with Gasteiger partial charge >= 0.3 is 0 Å². The Bertz CT molecular complexity index is 534. The summed E-state index contributed by atoms with van der Waals surface area (Å²) in [4.78, 5) is 8.60. The van der Waals surface area contributed by atoms with E-state index in [2.05, 4.69) is 15.3 Å². The summed E-state index contributed by atoms with van der Waals surface area (Å²) >= 11 is 1.43. The molecule has 5 nitrogen and oxygen atoms in total. The summed E-state index contributed by atoms with van der Waals surface area (Å²) in [5.41, 5.74) is 8.34. The Morgan fingerprint density at radius 1 is 1.53 bits per heavy atom. The largest absolute Gasteiger partial charge is 0.370 e. The Morgan fingerprint density at radius 3 is 3.06 bits per heavy atom. The van der Waals surface area contributed by atoms with E-state index in [1.54, 1.807) is 6.20 Å². The molecule has 0 unspecified atom stereocenters. The molecule has 2 aromatic heterocycles. The highest BCUT2D eigenvalue weighted by Gasteiger charge is 2.04. The van der Waals surface area contributed by atoms with Gasteiger partial charge in [-0.3, -0.25) is 10.4 Å². The number of rotatable bonds is 3. The number of nitrogens with zero attached hydrogens (tertiary/aromatic N) is 2. The fourth-order valence-electron chi connectivity index (χ4n) is 1.44. The average molecular weight is 247 g/mol. The predicted molar refractivity (Wildman–Crippen MR) is 69.4 cm³/mol. The second-order valence-corrected chi connectivity index (χ2v) is 4.54. The maximum atomic E-state index is 7.11. The number of pyridine rings is 1. The second-order valence-electron chi connectivity index (χ2n) is 3.68. The highest BCUT2D eigenvalue weighted by Crippen LogP contribution is 2.17. The SMILES string of the molecule is Cc1ccnc(Cc2csc(NC(=N)N)n2)c1. The first-order chi connectivity index (χ1) is 8.13. The molecule has 0 radical (unpaired) electrons. The molecule has 0 fully saturated rings. The molecule has 17 heavy (non-hydrogen) atoms. The van der Waals surface area contributed by atoms with E-state index < -0.39 is 0 Å². The Balaban J connectivity index is 2.08. The summed E-state index contributed by atoms with van der Waals surface area (Å²) in [6.07, 6.45) is 2.49. The Morgan fingerprint density at radius 2 is 2.35 bits per heavy atom. The van der Waals surface area contributed by atoms with E-state index in [-0.39, 0.29) is 5.96 Å². The fourth-order valence-corrected chi connectivity index (χ4v) is 2.16. The number of hydrogen-bond donors (Lipinski definition) is 3. The van der Waals surface area contributed by atoms with Crippen LogP contribution in [0.25, 0.3) is 0 Å². The molecular formula is C11H13N5S. The van der Waals surface area contributed by atoms with Gasteiger partial charge in [-0.1, -0.05) is 0 Å². The van der Waals surface area contributed by atoms with Crippen LogP contribution < -0.4 is 11.1 Å². The van der Waals surface area contributed by atoms with Crippen molar-refractivity contribution in [3.8, 4) is 0 Å². The molecule has 6 heteroatoms. The predicted octanol–water partition coefficient (Wildman–Crippen LogP) is 1.74. The van der Waals surface area contributed by atoms with Crippen LogP contribution in [0.2, 0.25) is 0 Å². The molecule has 4 N–H and O–H groups in total. The number of nitrogens with one attached hydrogen (secondary N) is 2. The number of thiazole rings is 1. The molecule has 2 heterocycles. The minimum absolute atomic E-state index is 0.0976. The third kappa shape index (κ3) is 3.25. The molecular weight excluding hydrogens is 234 g/mol. The van der Waals surface area contributed by atoms with Crippen molar-refractivity contribution in [2.75, 3.05) is 5.32 Å². The number of aromatic nitrogens is 2.